The number of aryl methyl sites for hydroxylation is 1. The van der Waals surface area contributed by atoms with E-state index in [1.54, 1.807) is 0 Å². The van der Waals surface area contributed by atoms with Gasteiger partial charge in [0, 0.05) is 17.9 Å². The van der Waals surface area contributed by atoms with E-state index < -0.39 is 0 Å². The second-order valence-electron chi connectivity index (χ2n) is 5.54. The lowest BCUT2D eigenvalue weighted by atomic mass is 9.94. The van der Waals surface area contributed by atoms with E-state index in [-0.39, 0.29) is 0 Å². The molecule has 1 aromatic carbocycles. The molecule has 3 N–H and O–H groups in total. The summed E-state index contributed by atoms with van der Waals surface area (Å²) in [6.45, 7) is 5.69. The molecular weight excluding hydrogens is 222 g/mol. The fraction of sp³-hybridized carbons (Fsp3) is 0.600. The molecular formula is C15H25N3. The van der Waals surface area contributed by atoms with Crippen molar-refractivity contribution in [3.8, 4) is 0 Å². The van der Waals surface area contributed by atoms with E-state index in [4.69, 9.17) is 5.73 Å². The molecule has 0 radical (unpaired) electrons. The number of likely N-dealkylation sites (tertiary alicyclic amines) is 1. The normalized spacial score (nSPS) is 17.9. The molecule has 0 saturated carbocycles. The minimum absolute atomic E-state index is 0.841. The quantitative estimate of drug-likeness (QED) is 0.804. The summed E-state index contributed by atoms with van der Waals surface area (Å²) in [5.74, 6) is 0.891. The van der Waals surface area contributed by atoms with Gasteiger partial charge < -0.3 is 16.0 Å². The van der Waals surface area contributed by atoms with Crippen molar-refractivity contribution in [1.29, 1.82) is 0 Å². The van der Waals surface area contributed by atoms with Crippen LogP contribution in [0.15, 0.2) is 18.2 Å². The van der Waals surface area contributed by atoms with Gasteiger partial charge in [-0.1, -0.05) is 0 Å². The molecule has 1 aliphatic rings. The van der Waals surface area contributed by atoms with Gasteiger partial charge in [-0.15, -0.1) is 0 Å². The SMILES string of the molecule is Cc1cc(N)ccc1NCCC1CCN(C)CC1. The van der Waals surface area contributed by atoms with Crippen LogP contribution in [0.1, 0.15) is 24.8 Å². The number of anilines is 2. The maximum absolute atomic E-state index is 5.75. The molecule has 1 aliphatic heterocycles. The second-order valence-corrected chi connectivity index (χ2v) is 5.54. The van der Waals surface area contributed by atoms with Crippen molar-refractivity contribution in [1.82, 2.24) is 4.90 Å². The molecule has 1 aromatic rings. The summed E-state index contributed by atoms with van der Waals surface area (Å²) in [5.41, 5.74) is 9.05. The molecule has 100 valence electrons. The lowest BCUT2D eigenvalue weighted by Crippen LogP contribution is -2.30. The van der Waals surface area contributed by atoms with Gasteiger partial charge in [-0.05, 0) is 76.0 Å². The zero-order chi connectivity index (χ0) is 13.0. The molecule has 3 heteroatoms. The highest BCUT2D eigenvalue weighted by molar-refractivity contribution is 5.57. The standard InChI is InChI=1S/C15H25N3/c1-12-11-14(16)3-4-15(12)17-8-5-13-6-9-18(2)10-7-13/h3-4,11,13,17H,5-10,16H2,1-2H3. The first-order chi connectivity index (χ1) is 8.65. The fourth-order valence-electron chi connectivity index (χ4n) is 2.65. The summed E-state index contributed by atoms with van der Waals surface area (Å²) < 4.78 is 0. The maximum Gasteiger partial charge on any atom is 0.0371 e. The molecule has 0 aliphatic carbocycles. The van der Waals surface area contributed by atoms with Crippen molar-refractivity contribution in [3.63, 3.8) is 0 Å². The molecule has 1 fully saturated rings. The maximum atomic E-state index is 5.75. The smallest absolute Gasteiger partial charge is 0.0371 e. The van der Waals surface area contributed by atoms with Gasteiger partial charge >= 0.3 is 0 Å². The van der Waals surface area contributed by atoms with Crippen molar-refractivity contribution in [2.45, 2.75) is 26.2 Å². The largest absolute Gasteiger partial charge is 0.399 e. The van der Waals surface area contributed by atoms with E-state index in [0.29, 0.717) is 0 Å². The van der Waals surface area contributed by atoms with Gasteiger partial charge in [0.1, 0.15) is 0 Å². The summed E-state index contributed by atoms with van der Waals surface area (Å²) in [6.07, 6.45) is 3.97. The number of nitrogens with zero attached hydrogens (tertiary/aromatic N) is 1. The number of hydrogen-bond donors (Lipinski definition) is 2. The average Bonchev–Trinajstić information content (AvgIpc) is 2.34. The van der Waals surface area contributed by atoms with E-state index in [9.17, 15) is 0 Å². The van der Waals surface area contributed by atoms with Crippen molar-refractivity contribution in [2.75, 3.05) is 37.7 Å². The fourth-order valence-corrected chi connectivity index (χ4v) is 2.65. The minimum Gasteiger partial charge on any atom is -0.399 e. The summed E-state index contributed by atoms with van der Waals surface area (Å²) in [5, 5.41) is 3.53. The predicted molar refractivity (Wildman–Crippen MR) is 78.9 cm³/mol. The molecule has 0 unspecified atom stereocenters. The molecule has 1 heterocycles. The Hall–Kier alpha value is -1.22. The Bertz CT molecular complexity index is 381. The molecule has 3 nitrogen and oxygen atoms in total. The number of piperidine rings is 1. The van der Waals surface area contributed by atoms with Gasteiger partial charge in [0.15, 0.2) is 0 Å². The predicted octanol–water partition coefficient (Wildman–Crippen LogP) is 2.72. The first-order valence-electron chi connectivity index (χ1n) is 6.93. The summed E-state index contributed by atoms with van der Waals surface area (Å²) >= 11 is 0. The molecule has 0 atom stereocenters. The van der Waals surface area contributed by atoms with Crippen LogP contribution in [0.3, 0.4) is 0 Å². The van der Waals surface area contributed by atoms with Gasteiger partial charge in [-0.3, -0.25) is 0 Å². The van der Waals surface area contributed by atoms with E-state index in [1.807, 2.05) is 12.1 Å². The Morgan fingerprint density at radius 3 is 2.72 bits per heavy atom. The number of hydrogen-bond acceptors (Lipinski definition) is 3. The Morgan fingerprint density at radius 1 is 1.33 bits per heavy atom. The molecule has 0 aromatic heterocycles. The molecule has 1 saturated heterocycles. The Labute approximate surface area is 110 Å². The molecule has 0 spiro atoms. The molecule has 0 amide bonds. The van der Waals surface area contributed by atoms with Crippen LogP contribution in [0.25, 0.3) is 0 Å². The van der Waals surface area contributed by atoms with Crippen LogP contribution in [-0.2, 0) is 0 Å². The first-order valence-corrected chi connectivity index (χ1v) is 6.93. The Kier molecular flexibility index (Phi) is 4.48. The minimum atomic E-state index is 0.841. The Balaban J connectivity index is 1.75. The van der Waals surface area contributed by atoms with Crippen molar-refractivity contribution in [2.24, 2.45) is 5.92 Å². The van der Waals surface area contributed by atoms with Gasteiger partial charge in [-0.2, -0.15) is 0 Å². The highest BCUT2D eigenvalue weighted by Gasteiger charge is 2.15. The summed E-state index contributed by atoms with van der Waals surface area (Å²) in [7, 11) is 2.21. The Morgan fingerprint density at radius 2 is 2.06 bits per heavy atom. The third-order valence-electron chi connectivity index (χ3n) is 3.96. The number of rotatable bonds is 4. The third kappa shape index (κ3) is 3.64. The third-order valence-corrected chi connectivity index (χ3v) is 3.96. The van der Waals surface area contributed by atoms with Crippen LogP contribution >= 0.6 is 0 Å². The first kappa shape index (κ1) is 13.2. The topological polar surface area (TPSA) is 41.3 Å². The highest BCUT2D eigenvalue weighted by atomic mass is 15.1. The van der Waals surface area contributed by atoms with Gasteiger partial charge in [0.25, 0.3) is 0 Å². The van der Waals surface area contributed by atoms with Crippen molar-refractivity contribution < 1.29 is 0 Å². The average molecular weight is 247 g/mol. The van der Waals surface area contributed by atoms with Crippen LogP contribution in [0, 0.1) is 12.8 Å². The molecule has 18 heavy (non-hydrogen) atoms. The summed E-state index contributed by atoms with van der Waals surface area (Å²) in [4.78, 5) is 2.42. The monoisotopic (exact) mass is 247 g/mol. The van der Waals surface area contributed by atoms with Crippen LogP contribution in [-0.4, -0.2) is 31.6 Å². The second kappa shape index (κ2) is 6.10. The van der Waals surface area contributed by atoms with E-state index in [1.165, 1.54) is 43.6 Å². The van der Waals surface area contributed by atoms with Crippen LogP contribution < -0.4 is 11.1 Å². The number of nitrogens with two attached hydrogens (primary N) is 1. The lowest BCUT2D eigenvalue weighted by Gasteiger charge is -2.29. The van der Waals surface area contributed by atoms with Gasteiger partial charge in [0.05, 0.1) is 0 Å². The lowest BCUT2D eigenvalue weighted by molar-refractivity contribution is 0.215. The van der Waals surface area contributed by atoms with Crippen LogP contribution in [0.5, 0.6) is 0 Å². The van der Waals surface area contributed by atoms with Gasteiger partial charge in [-0.25, -0.2) is 0 Å². The van der Waals surface area contributed by atoms with Gasteiger partial charge in [0.2, 0.25) is 0 Å². The zero-order valence-corrected chi connectivity index (χ0v) is 11.6. The molecule has 0 bridgehead atoms. The van der Waals surface area contributed by atoms with Crippen molar-refractivity contribution >= 4 is 11.4 Å². The highest BCUT2D eigenvalue weighted by Crippen LogP contribution is 2.21. The zero-order valence-electron chi connectivity index (χ0n) is 11.6. The molecule has 2 rings (SSSR count). The van der Waals surface area contributed by atoms with E-state index in [2.05, 4.69) is 30.3 Å². The number of nitrogen functional groups attached to an aromatic ring is 1. The summed E-state index contributed by atoms with van der Waals surface area (Å²) in [6, 6.07) is 6.07. The van der Waals surface area contributed by atoms with Crippen LogP contribution in [0.4, 0.5) is 11.4 Å². The number of benzene rings is 1. The van der Waals surface area contributed by atoms with E-state index in [0.717, 1.165) is 18.2 Å². The number of nitrogens with one attached hydrogen (secondary N) is 1. The van der Waals surface area contributed by atoms with E-state index >= 15 is 0 Å². The van der Waals surface area contributed by atoms with Crippen LogP contribution in [0.2, 0.25) is 0 Å². The van der Waals surface area contributed by atoms with Crippen molar-refractivity contribution in [3.05, 3.63) is 23.8 Å².